The van der Waals surface area contributed by atoms with Gasteiger partial charge in [-0.3, -0.25) is 0 Å². The highest BCUT2D eigenvalue weighted by Gasteiger charge is 2.23. The van der Waals surface area contributed by atoms with Crippen molar-refractivity contribution in [1.29, 1.82) is 0 Å². The number of hydrogen-bond donors (Lipinski definition) is 0. The fourth-order valence-electron chi connectivity index (χ4n) is 8.43. The fraction of sp³-hybridized carbons (Fsp3) is 0. The highest BCUT2D eigenvalue weighted by Crippen LogP contribution is 2.47. The fourth-order valence-corrected chi connectivity index (χ4v) is 9.67. The summed E-state index contributed by atoms with van der Waals surface area (Å²) in [6.45, 7) is 0. The van der Waals surface area contributed by atoms with Gasteiger partial charge < -0.3 is 9.13 Å². The van der Waals surface area contributed by atoms with Gasteiger partial charge in [0.1, 0.15) is 0 Å². The van der Waals surface area contributed by atoms with E-state index in [0.717, 1.165) is 5.69 Å². The van der Waals surface area contributed by atoms with Crippen LogP contribution in [-0.2, 0) is 0 Å². The second-order valence-corrected chi connectivity index (χ2v) is 14.3. The molecule has 238 valence electrons. The van der Waals surface area contributed by atoms with E-state index in [9.17, 15) is 0 Å². The molecular weight excluding hydrogens is 637 g/mol. The first-order chi connectivity index (χ1) is 25.3. The van der Waals surface area contributed by atoms with Gasteiger partial charge in [0.2, 0.25) is 0 Å². The average Bonchev–Trinajstić information content (AvgIpc) is 3.87. The van der Waals surface area contributed by atoms with Gasteiger partial charge >= 0.3 is 0 Å². The van der Waals surface area contributed by atoms with E-state index in [1.807, 2.05) is 11.3 Å². The summed E-state index contributed by atoms with van der Waals surface area (Å²) in [5.41, 5.74) is 12.2. The van der Waals surface area contributed by atoms with Crippen LogP contribution in [0.1, 0.15) is 0 Å². The van der Waals surface area contributed by atoms with E-state index < -0.39 is 0 Å². The van der Waals surface area contributed by atoms with E-state index >= 15 is 0 Å². The predicted octanol–water partition coefficient (Wildman–Crippen LogP) is 13.6. The Balaban J connectivity index is 1.26. The third kappa shape index (κ3) is 4.10. The van der Waals surface area contributed by atoms with Crippen LogP contribution in [0.2, 0.25) is 0 Å². The van der Waals surface area contributed by atoms with Crippen molar-refractivity contribution >= 4 is 75.1 Å². The van der Waals surface area contributed by atoms with Crippen molar-refractivity contribution in [2.45, 2.75) is 0 Å². The molecule has 0 N–H and O–H groups in total. The van der Waals surface area contributed by atoms with Crippen molar-refractivity contribution in [3.05, 3.63) is 182 Å². The molecule has 11 aromatic rings. The van der Waals surface area contributed by atoms with Crippen LogP contribution < -0.4 is 0 Å². The molecule has 11 rings (SSSR count). The summed E-state index contributed by atoms with van der Waals surface area (Å²) in [6, 6.07) is 66.5. The number of thiophene rings is 1. The van der Waals surface area contributed by atoms with E-state index in [1.165, 1.54) is 91.7 Å². The summed E-state index contributed by atoms with van der Waals surface area (Å²) in [7, 11) is 0. The molecule has 0 aliphatic heterocycles. The van der Waals surface area contributed by atoms with Crippen molar-refractivity contribution in [3.63, 3.8) is 0 Å². The van der Waals surface area contributed by atoms with Crippen molar-refractivity contribution < 1.29 is 0 Å². The Morgan fingerprint density at radius 1 is 0.353 bits per heavy atom. The van der Waals surface area contributed by atoms with Crippen LogP contribution in [0.4, 0.5) is 0 Å². The SMILES string of the molecule is c1ccc(-c2ccc(-n3c4ccccc4c4c(-c5cccc6c7ccccc7n(-c7ccccc7)c56)cccc43)c3sc4ccccc4c23)cc1. The van der Waals surface area contributed by atoms with Gasteiger partial charge in [-0.2, -0.15) is 0 Å². The van der Waals surface area contributed by atoms with Crippen LogP contribution in [0, 0.1) is 0 Å². The Kier molecular flexibility index (Phi) is 6.16. The van der Waals surface area contributed by atoms with E-state index in [4.69, 9.17) is 0 Å². The van der Waals surface area contributed by atoms with Crippen molar-refractivity contribution in [2.24, 2.45) is 0 Å². The smallest absolute Gasteiger partial charge is 0.0641 e. The van der Waals surface area contributed by atoms with E-state index in [-0.39, 0.29) is 0 Å². The highest BCUT2D eigenvalue weighted by molar-refractivity contribution is 7.26. The summed E-state index contributed by atoms with van der Waals surface area (Å²) in [4.78, 5) is 0. The first-order valence-corrected chi connectivity index (χ1v) is 18.3. The van der Waals surface area contributed by atoms with Crippen molar-refractivity contribution in [1.82, 2.24) is 9.13 Å². The van der Waals surface area contributed by atoms with Gasteiger partial charge in [-0.1, -0.05) is 140 Å². The number of hydrogen-bond acceptors (Lipinski definition) is 1. The summed E-state index contributed by atoms with van der Waals surface area (Å²) in [5.74, 6) is 0. The first kappa shape index (κ1) is 28.4. The van der Waals surface area contributed by atoms with Crippen molar-refractivity contribution in [2.75, 3.05) is 0 Å². The zero-order valence-corrected chi connectivity index (χ0v) is 28.4. The van der Waals surface area contributed by atoms with Gasteiger partial charge in [-0.05, 0) is 59.2 Å². The number of rotatable bonds is 4. The van der Waals surface area contributed by atoms with Gasteiger partial charge in [0.15, 0.2) is 0 Å². The summed E-state index contributed by atoms with van der Waals surface area (Å²) < 4.78 is 7.56. The minimum Gasteiger partial charge on any atom is -0.309 e. The lowest BCUT2D eigenvalue weighted by Gasteiger charge is -2.14. The Labute approximate surface area is 298 Å². The molecule has 0 aliphatic rings. The summed E-state index contributed by atoms with van der Waals surface area (Å²) >= 11 is 1.89. The molecule has 0 saturated heterocycles. The molecule has 0 atom stereocenters. The van der Waals surface area contributed by atoms with E-state index in [2.05, 4.69) is 191 Å². The number of para-hydroxylation sites is 4. The highest BCUT2D eigenvalue weighted by atomic mass is 32.1. The quantitative estimate of drug-likeness (QED) is 0.177. The molecule has 0 bridgehead atoms. The number of fused-ring (bicyclic) bond motifs is 9. The molecule has 0 spiro atoms. The summed E-state index contributed by atoms with van der Waals surface area (Å²) in [5, 5.41) is 7.67. The maximum absolute atomic E-state index is 2.51. The molecule has 8 aromatic carbocycles. The molecule has 0 fully saturated rings. The lowest BCUT2D eigenvalue weighted by molar-refractivity contribution is 1.18. The van der Waals surface area contributed by atoms with Crippen molar-refractivity contribution in [3.8, 4) is 33.6 Å². The summed E-state index contributed by atoms with van der Waals surface area (Å²) in [6.07, 6.45) is 0. The van der Waals surface area contributed by atoms with Gasteiger partial charge in [-0.25, -0.2) is 0 Å². The molecule has 0 unspecified atom stereocenters. The molecule has 3 heteroatoms. The normalized spacial score (nSPS) is 11.9. The van der Waals surface area contributed by atoms with Crippen LogP contribution >= 0.6 is 11.3 Å². The Hall–Kier alpha value is -6.42. The average molecular weight is 667 g/mol. The minimum absolute atomic E-state index is 1.16. The lowest BCUT2D eigenvalue weighted by atomic mass is 9.97. The second kappa shape index (κ2) is 11.0. The minimum atomic E-state index is 1.16. The third-order valence-corrected chi connectivity index (χ3v) is 11.7. The standard InChI is InChI=1S/C48H30N2S/c1-3-15-31(16-4-1)33-29-30-43(48-46(33)39-21-9-12-28-44(39)51-48)50-41-26-11-8-20-38(41)45-35(22-14-27-42(45)50)37-24-13-23-36-34-19-7-10-25-40(34)49(47(36)37)32-17-5-2-6-18-32/h1-30H. The van der Waals surface area contributed by atoms with Crippen LogP contribution in [0.25, 0.3) is 97.4 Å². The molecule has 3 heterocycles. The Morgan fingerprint density at radius 3 is 1.78 bits per heavy atom. The molecule has 0 saturated carbocycles. The topological polar surface area (TPSA) is 9.86 Å². The van der Waals surface area contributed by atoms with Gasteiger partial charge in [0.25, 0.3) is 0 Å². The Bertz CT molecular complexity index is 3130. The second-order valence-electron chi connectivity index (χ2n) is 13.2. The number of nitrogens with zero attached hydrogens (tertiary/aromatic N) is 2. The molecule has 3 aromatic heterocycles. The van der Waals surface area contributed by atoms with Gasteiger partial charge in [0, 0.05) is 48.3 Å². The van der Waals surface area contributed by atoms with E-state index in [1.54, 1.807) is 0 Å². The molecule has 0 amide bonds. The lowest BCUT2D eigenvalue weighted by Crippen LogP contribution is -1.96. The van der Waals surface area contributed by atoms with E-state index in [0.29, 0.717) is 0 Å². The zero-order valence-electron chi connectivity index (χ0n) is 27.6. The monoisotopic (exact) mass is 666 g/mol. The molecule has 2 nitrogen and oxygen atoms in total. The zero-order chi connectivity index (χ0) is 33.5. The maximum atomic E-state index is 2.51. The third-order valence-electron chi connectivity index (χ3n) is 10.5. The predicted molar refractivity (Wildman–Crippen MR) is 219 cm³/mol. The van der Waals surface area contributed by atoms with Gasteiger partial charge in [-0.15, -0.1) is 11.3 Å². The molecule has 51 heavy (non-hydrogen) atoms. The van der Waals surface area contributed by atoms with Gasteiger partial charge in [0.05, 0.1) is 32.5 Å². The van der Waals surface area contributed by atoms with Crippen LogP contribution in [0.5, 0.6) is 0 Å². The van der Waals surface area contributed by atoms with Crippen LogP contribution in [0.15, 0.2) is 182 Å². The van der Waals surface area contributed by atoms with Crippen LogP contribution in [-0.4, -0.2) is 9.13 Å². The molecular formula is C48H30N2S. The van der Waals surface area contributed by atoms with Crippen LogP contribution in [0.3, 0.4) is 0 Å². The first-order valence-electron chi connectivity index (χ1n) is 17.5. The number of benzene rings is 8. The number of aromatic nitrogens is 2. The largest absolute Gasteiger partial charge is 0.309 e. The molecule has 0 aliphatic carbocycles. The maximum Gasteiger partial charge on any atom is 0.0641 e. The molecule has 0 radical (unpaired) electrons. The Morgan fingerprint density at radius 2 is 0.961 bits per heavy atom.